The molecule has 0 bridgehead atoms. The van der Waals surface area contributed by atoms with Crippen molar-refractivity contribution in [2.45, 2.75) is 6.92 Å². The van der Waals surface area contributed by atoms with E-state index in [0.29, 0.717) is 15.1 Å². The minimum Gasteiger partial charge on any atom is -0.493 e. The Morgan fingerprint density at radius 1 is 1.25 bits per heavy atom. The van der Waals surface area contributed by atoms with Crippen LogP contribution in [0.1, 0.15) is 11.1 Å². The summed E-state index contributed by atoms with van der Waals surface area (Å²) < 4.78 is 10.8. The van der Waals surface area contributed by atoms with Crippen LogP contribution in [0.5, 0.6) is 11.5 Å². The number of methoxy groups -OCH3 is 1. The van der Waals surface area contributed by atoms with E-state index in [9.17, 15) is 19.2 Å². The number of halogens is 2. The van der Waals surface area contributed by atoms with E-state index in [1.165, 1.54) is 31.4 Å². The molecular weight excluding hydrogens is 508 g/mol. The number of nitrogens with zero attached hydrogens (tertiary/aromatic N) is 1. The zero-order chi connectivity index (χ0) is 23.6. The number of imide groups is 2. The number of carboxylic acid groups (broad SMARTS) is 1. The van der Waals surface area contributed by atoms with E-state index in [1.807, 2.05) is 0 Å². The van der Waals surface area contributed by atoms with Crippen LogP contribution in [0.3, 0.4) is 0 Å². The summed E-state index contributed by atoms with van der Waals surface area (Å²) in [5, 5.41) is 11.3. The molecule has 0 aliphatic carbocycles. The van der Waals surface area contributed by atoms with Crippen LogP contribution in [0.4, 0.5) is 10.5 Å². The van der Waals surface area contributed by atoms with Crippen molar-refractivity contribution in [2.24, 2.45) is 0 Å². The Morgan fingerprint density at radius 2 is 1.97 bits per heavy atom. The first-order valence-corrected chi connectivity index (χ1v) is 10.2. The summed E-state index contributed by atoms with van der Waals surface area (Å²) in [5.74, 6) is -2.55. The molecule has 0 atom stereocenters. The van der Waals surface area contributed by atoms with Crippen molar-refractivity contribution >= 4 is 63.1 Å². The molecule has 2 aromatic carbocycles. The van der Waals surface area contributed by atoms with E-state index >= 15 is 0 Å². The fraction of sp³-hybridized carbons (Fsp3) is 0.143. The molecule has 2 aromatic rings. The van der Waals surface area contributed by atoms with Gasteiger partial charge in [0.25, 0.3) is 11.8 Å². The molecule has 0 saturated carbocycles. The molecule has 9 nitrogen and oxygen atoms in total. The van der Waals surface area contributed by atoms with Crippen molar-refractivity contribution in [3.8, 4) is 11.5 Å². The number of barbiturate groups is 1. The number of carboxylic acids is 1. The first kappa shape index (κ1) is 23.3. The molecule has 0 unspecified atom stereocenters. The third-order valence-corrected chi connectivity index (χ3v) is 5.41. The average Bonchev–Trinajstić information content (AvgIpc) is 2.72. The molecule has 1 fully saturated rings. The molecule has 1 saturated heterocycles. The molecule has 3 rings (SSSR count). The SMILES string of the molecule is COc1cc(/C=C2/C(=O)NC(=O)N(c3ccc(C)c(Cl)c3)C2=O)cc(Br)c1OCC(=O)O. The summed E-state index contributed by atoms with van der Waals surface area (Å²) in [7, 11) is 1.35. The molecule has 4 amide bonds. The Hall–Kier alpha value is -3.37. The monoisotopic (exact) mass is 522 g/mol. The van der Waals surface area contributed by atoms with E-state index in [2.05, 4.69) is 21.2 Å². The van der Waals surface area contributed by atoms with Crippen molar-refractivity contribution in [1.82, 2.24) is 5.32 Å². The van der Waals surface area contributed by atoms with Gasteiger partial charge in [0.1, 0.15) is 5.57 Å². The maximum absolute atomic E-state index is 13.0. The highest BCUT2D eigenvalue weighted by atomic mass is 79.9. The number of hydrogen-bond donors (Lipinski definition) is 2. The van der Waals surface area contributed by atoms with Gasteiger partial charge in [0.05, 0.1) is 17.3 Å². The van der Waals surface area contributed by atoms with Crippen molar-refractivity contribution in [2.75, 3.05) is 18.6 Å². The third-order valence-electron chi connectivity index (χ3n) is 4.42. The zero-order valence-electron chi connectivity index (χ0n) is 16.8. The fourth-order valence-corrected chi connectivity index (χ4v) is 3.63. The van der Waals surface area contributed by atoms with Gasteiger partial charge in [0.15, 0.2) is 18.1 Å². The quantitative estimate of drug-likeness (QED) is 0.438. The predicted octanol–water partition coefficient (Wildman–Crippen LogP) is 3.55. The number of amides is 4. The van der Waals surface area contributed by atoms with Gasteiger partial charge in [-0.15, -0.1) is 0 Å². The summed E-state index contributed by atoms with van der Waals surface area (Å²) in [4.78, 5) is 49.4. The molecule has 1 aliphatic rings. The molecule has 166 valence electrons. The van der Waals surface area contributed by atoms with Gasteiger partial charge in [0.2, 0.25) is 0 Å². The second-order valence-corrected chi connectivity index (χ2v) is 7.87. The number of rotatable bonds is 6. The lowest BCUT2D eigenvalue weighted by molar-refractivity contribution is -0.139. The molecule has 0 radical (unpaired) electrons. The molecule has 1 heterocycles. The third kappa shape index (κ3) is 4.76. The zero-order valence-corrected chi connectivity index (χ0v) is 19.1. The molecule has 11 heteroatoms. The number of carbonyl (C=O) groups excluding carboxylic acids is 3. The Bertz CT molecular complexity index is 1180. The number of anilines is 1. The lowest BCUT2D eigenvalue weighted by Crippen LogP contribution is -2.54. The number of nitrogens with one attached hydrogen (secondary N) is 1. The van der Waals surface area contributed by atoms with Crippen molar-refractivity contribution in [1.29, 1.82) is 0 Å². The Kier molecular flexibility index (Phi) is 6.85. The highest BCUT2D eigenvalue weighted by Crippen LogP contribution is 2.37. The standard InChI is InChI=1S/C21H16BrClN2O7/c1-10-3-4-12(8-15(10)23)25-20(29)13(19(28)24-21(25)30)5-11-6-14(22)18(16(7-11)31-2)32-9-17(26)27/h3-8H,9H2,1-2H3,(H,26,27)(H,24,28,30)/b13-5-. The van der Waals surface area contributed by atoms with Crippen LogP contribution in [0, 0.1) is 6.92 Å². The summed E-state index contributed by atoms with van der Waals surface area (Å²) in [6.45, 7) is 1.18. The van der Waals surface area contributed by atoms with Crippen molar-refractivity contribution in [3.05, 3.63) is 56.5 Å². The van der Waals surface area contributed by atoms with Crippen LogP contribution in [0.2, 0.25) is 5.02 Å². The average molecular weight is 524 g/mol. The number of carbonyl (C=O) groups is 4. The van der Waals surface area contributed by atoms with Gasteiger partial charge < -0.3 is 14.6 Å². The van der Waals surface area contributed by atoms with Crippen LogP contribution >= 0.6 is 27.5 Å². The number of hydrogen-bond acceptors (Lipinski definition) is 6. The summed E-state index contributed by atoms with van der Waals surface area (Å²) in [5.41, 5.74) is 1.03. The lowest BCUT2D eigenvalue weighted by Gasteiger charge is -2.26. The Balaban J connectivity index is 2.01. The van der Waals surface area contributed by atoms with Crippen LogP contribution in [-0.4, -0.2) is 42.6 Å². The molecule has 0 spiro atoms. The number of aliphatic carboxylic acids is 1. The Labute approximate surface area is 195 Å². The number of aryl methyl sites for hydroxylation is 1. The van der Waals surface area contributed by atoms with Gasteiger partial charge in [-0.3, -0.25) is 14.9 Å². The normalized spacial score (nSPS) is 15.1. The second kappa shape index (κ2) is 9.41. The minimum absolute atomic E-state index is 0.141. The number of urea groups is 1. The van der Waals surface area contributed by atoms with Crippen LogP contribution in [0.25, 0.3) is 6.08 Å². The van der Waals surface area contributed by atoms with E-state index in [-0.39, 0.29) is 22.8 Å². The maximum Gasteiger partial charge on any atom is 0.341 e. The molecular formula is C21H16BrClN2O7. The van der Waals surface area contributed by atoms with Gasteiger partial charge in [-0.2, -0.15) is 0 Å². The van der Waals surface area contributed by atoms with Gasteiger partial charge >= 0.3 is 12.0 Å². The van der Waals surface area contributed by atoms with Gasteiger partial charge in [-0.05, 0) is 64.3 Å². The van der Waals surface area contributed by atoms with Crippen molar-refractivity contribution in [3.63, 3.8) is 0 Å². The lowest BCUT2D eigenvalue weighted by atomic mass is 10.1. The predicted molar refractivity (Wildman–Crippen MR) is 119 cm³/mol. The van der Waals surface area contributed by atoms with Crippen LogP contribution in [0.15, 0.2) is 40.4 Å². The fourth-order valence-electron chi connectivity index (χ4n) is 2.88. The molecule has 32 heavy (non-hydrogen) atoms. The maximum atomic E-state index is 13.0. The number of benzene rings is 2. The van der Waals surface area contributed by atoms with Gasteiger partial charge in [0, 0.05) is 5.02 Å². The second-order valence-electron chi connectivity index (χ2n) is 6.61. The molecule has 2 N–H and O–H groups in total. The van der Waals surface area contributed by atoms with Crippen LogP contribution in [-0.2, 0) is 14.4 Å². The van der Waals surface area contributed by atoms with E-state index in [4.69, 9.17) is 26.2 Å². The van der Waals surface area contributed by atoms with Crippen molar-refractivity contribution < 1.29 is 33.8 Å². The smallest absolute Gasteiger partial charge is 0.341 e. The van der Waals surface area contributed by atoms with Gasteiger partial charge in [-0.1, -0.05) is 17.7 Å². The van der Waals surface area contributed by atoms with E-state index in [0.717, 1.165) is 10.5 Å². The topological polar surface area (TPSA) is 122 Å². The summed E-state index contributed by atoms with van der Waals surface area (Å²) in [6, 6.07) is 6.72. The van der Waals surface area contributed by atoms with Gasteiger partial charge in [-0.25, -0.2) is 14.5 Å². The van der Waals surface area contributed by atoms with E-state index < -0.39 is 30.4 Å². The Morgan fingerprint density at radius 3 is 2.59 bits per heavy atom. The summed E-state index contributed by atoms with van der Waals surface area (Å²) >= 11 is 9.38. The first-order valence-electron chi connectivity index (χ1n) is 9.02. The largest absolute Gasteiger partial charge is 0.493 e. The summed E-state index contributed by atoms with van der Waals surface area (Å²) in [6.07, 6.45) is 1.28. The molecule has 0 aromatic heterocycles. The highest BCUT2D eigenvalue weighted by Gasteiger charge is 2.37. The molecule has 1 aliphatic heterocycles. The number of ether oxygens (including phenoxy) is 2. The van der Waals surface area contributed by atoms with Crippen LogP contribution < -0.4 is 19.7 Å². The first-order chi connectivity index (χ1) is 15.1. The van der Waals surface area contributed by atoms with E-state index in [1.54, 1.807) is 19.1 Å². The highest BCUT2D eigenvalue weighted by molar-refractivity contribution is 9.10. The minimum atomic E-state index is -1.17.